The molecule has 3 rings (SSSR count). The zero-order chi connectivity index (χ0) is 18.5. The number of aliphatic imine (C=N–C) groups is 1. The fraction of sp³-hybridized carbons (Fsp3) is 0.105. The van der Waals surface area contributed by atoms with Crippen molar-refractivity contribution in [2.45, 2.75) is 13.5 Å². The number of carbonyl (C=O) groups is 2. The van der Waals surface area contributed by atoms with Gasteiger partial charge < -0.3 is 10.1 Å². The number of amides is 2. The van der Waals surface area contributed by atoms with Crippen LogP contribution in [0.15, 0.2) is 62.9 Å². The number of hydrogen-bond acceptors (Lipinski definition) is 4. The topological polar surface area (TPSA) is 67.8 Å². The Balaban J connectivity index is 1.74. The fourth-order valence-corrected chi connectivity index (χ4v) is 3.34. The molecule has 0 spiro atoms. The van der Waals surface area contributed by atoms with E-state index in [0.29, 0.717) is 22.4 Å². The zero-order valence-corrected chi connectivity index (χ0v) is 16.3. The molecule has 2 aromatic carbocycles. The molecule has 0 unspecified atom stereocenters. The number of carbonyl (C=O) groups excluding carboxylic acids is 2. The molecule has 0 atom stereocenters. The van der Waals surface area contributed by atoms with Gasteiger partial charge in [-0.2, -0.15) is 4.99 Å². The number of nitrogens with zero attached hydrogens (tertiary/aromatic N) is 1. The van der Waals surface area contributed by atoms with E-state index in [0.717, 1.165) is 27.4 Å². The molecule has 1 aliphatic rings. The monoisotopic (exact) mass is 430 g/mol. The van der Waals surface area contributed by atoms with Crippen molar-refractivity contribution >= 4 is 50.7 Å². The Hall–Kier alpha value is -2.38. The standard InChI is InChI=1S/C19H15BrN2O3S/c1-12(23)21-19-22-18(24)17(26-19)10-14-4-2-3-5-16(14)25-11-13-6-8-15(20)9-7-13/h2-10H,11H2,1H3,(H,21,22,23,24). The molecule has 7 heteroatoms. The van der Waals surface area contributed by atoms with E-state index in [1.807, 2.05) is 48.5 Å². The number of amidine groups is 1. The van der Waals surface area contributed by atoms with Gasteiger partial charge in [-0.3, -0.25) is 9.59 Å². The number of rotatable bonds is 4. The summed E-state index contributed by atoms with van der Waals surface area (Å²) in [6.45, 7) is 1.79. The van der Waals surface area contributed by atoms with E-state index < -0.39 is 0 Å². The molecule has 0 bridgehead atoms. The molecule has 1 heterocycles. The molecule has 0 saturated heterocycles. The number of benzene rings is 2. The van der Waals surface area contributed by atoms with E-state index in [4.69, 9.17) is 4.74 Å². The summed E-state index contributed by atoms with van der Waals surface area (Å²) in [6.07, 6.45) is 1.72. The summed E-state index contributed by atoms with van der Waals surface area (Å²) in [5.74, 6) is 0.0364. The van der Waals surface area contributed by atoms with Crippen LogP contribution in [-0.2, 0) is 16.2 Å². The van der Waals surface area contributed by atoms with E-state index in [2.05, 4.69) is 26.2 Å². The Morgan fingerprint density at radius 1 is 1.23 bits per heavy atom. The van der Waals surface area contributed by atoms with Gasteiger partial charge in [0.15, 0.2) is 5.17 Å². The second kappa shape index (κ2) is 8.33. The van der Waals surface area contributed by atoms with Crippen LogP contribution in [-0.4, -0.2) is 17.0 Å². The van der Waals surface area contributed by atoms with Crippen LogP contribution < -0.4 is 10.1 Å². The Morgan fingerprint density at radius 3 is 2.69 bits per heavy atom. The maximum absolute atomic E-state index is 12.0. The van der Waals surface area contributed by atoms with Gasteiger partial charge in [-0.1, -0.05) is 46.3 Å². The Morgan fingerprint density at radius 2 is 1.96 bits per heavy atom. The predicted octanol–water partition coefficient (Wildman–Crippen LogP) is 4.13. The van der Waals surface area contributed by atoms with Gasteiger partial charge in [-0.05, 0) is 41.6 Å². The summed E-state index contributed by atoms with van der Waals surface area (Å²) in [7, 11) is 0. The molecule has 2 aromatic rings. The number of hydrogen-bond donors (Lipinski definition) is 1. The normalized spacial score (nSPS) is 15.1. The van der Waals surface area contributed by atoms with Gasteiger partial charge in [-0.25, -0.2) is 0 Å². The second-order valence-corrected chi connectivity index (χ2v) is 7.41. The van der Waals surface area contributed by atoms with E-state index in [1.165, 1.54) is 6.92 Å². The molecule has 5 nitrogen and oxygen atoms in total. The van der Waals surface area contributed by atoms with Crippen LogP contribution in [0.25, 0.3) is 6.08 Å². The molecule has 0 aromatic heterocycles. The molecular formula is C19H15BrN2O3S. The molecule has 132 valence electrons. The number of halogens is 1. The van der Waals surface area contributed by atoms with Gasteiger partial charge in [0.25, 0.3) is 5.91 Å². The van der Waals surface area contributed by atoms with Crippen LogP contribution in [0.2, 0.25) is 0 Å². The van der Waals surface area contributed by atoms with Crippen molar-refractivity contribution in [3.05, 3.63) is 69.0 Å². The number of para-hydroxylation sites is 1. The van der Waals surface area contributed by atoms with E-state index in [-0.39, 0.29) is 11.8 Å². The molecule has 0 aliphatic carbocycles. The van der Waals surface area contributed by atoms with Crippen LogP contribution in [0.4, 0.5) is 0 Å². The SMILES string of the molecule is CC(=O)NC1=NC(=O)C(=Cc2ccccc2OCc2ccc(Br)cc2)S1. The fourth-order valence-electron chi connectivity index (χ4n) is 2.23. The Labute approximate surface area is 163 Å². The Bertz CT molecular complexity index is 907. The molecule has 26 heavy (non-hydrogen) atoms. The first kappa shape index (κ1) is 18.4. The van der Waals surface area contributed by atoms with E-state index in [1.54, 1.807) is 6.08 Å². The minimum Gasteiger partial charge on any atom is -0.488 e. The number of ether oxygens (including phenoxy) is 1. The predicted molar refractivity (Wildman–Crippen MR) is 107 cm³/mol. The summed E-state index contributed by atoms with van der Waals surface area (Å²) < 4.78 is 6.92. The molecule has 2 amide bonds. The van der Waals surface area contributed by atoms with Crippen molar-refractivity contribution in [3.8, 4) is 5.75 Å². The summed E-state index contributed by atoms with van der Waals surface area (Å²) in [5.41, 5.74) is 1.82. The third-order valence-corrected chi connectivity index (χ3v) is 4.84. The zero-order valence-electron chi connectivity index (χ0n) is 13.9. The van der Waals surface area contributed by atoms with Crippen LogP contribution in [0, 0.1) is 0 Å². The van der Waals surface area contributed by atoms with Gasteiger partial charge in [0.1, 0.15) is 12.4 Å². The first-order chi connectivity index (χ1) is 12.5. The quantitative estimate of drug-likeness (QED) is 0.740. The lowest BCUT2D eigenvalue weighted by molar-refractivity contribution is -0.117. The lowest BCUT2D eigenvalue weighted by Gasteiger charge is -2.10. The smallest absolute Gasteiger partial charge is 0.286 e. The van der Waals surface area contributed by atoms with Crippen molar-refractivity contribution in [3.63, 3.8) is 0 Å². The first-order valence-electron chi connectivity index (χ1n) is 7.78. The van der Waals surface area contributed by atoms with Crippen LogP contribution in [0.3, 0.4) is 0 Å². The number of thioether (sulfide) groups is 1. The lowest BCUT2D eigenvalue weighted by Crippen LogP contribution is -2.23. The van der Waals surface area contributed by atoms with Crippen LogP contribution in [0.1, 0.15) is 18.1 Å². The molecule has 1 N–H and O–H groups in total. The highest BCUT2D eigenvalue weighted by Crippen LogP contribution is 2.30. The van der Waals surface area contributed by atoms with Crippen molar-refractivity contribution in [1.29, 1.82) is 0 Å². The van der Waals surface area contributed by atoms with Crippen LogP contribution >= 0.6 is 27.7 Å². The maximum Gasteiger partial charge on any atom is 0.286 e. The van der Waals surface area contributed by atoms with Gasteiger partial charge >= 0.3 is 0 Å². The number of nitrogens with one attached hydrogen (secondary N) is 1. The van der Waals surface area contributed by atoms with E-state index >= 15 is 0 Å². The van der Waals surface area contributed by atoms with Crippen molar-refractivity contribution in [2.75, 3.05) is 0 Å². The highest BCUT2D eigenvalue weighted by atomic mass is 79.9. The second-order valence-electron chi connectivity index (χ2n) is 5.47. The summed E-state index contributed by atoms with van der Waals surface area (Å²) in [6, 6.07) is 15.4. The molecule has 1 aliphatic heterocycles. The van der Waals surface area contributed by atoms with Gasteiger partial charge in [0, 0.05) is 17.0 Å². The first-order valence-corrected chi connectivity index (χ1v) is 9.38. The molecular weight excluding hydrogens is 416 g/mol. The average molecular weight is 431 g/mol. The highest BCUT2D eigenvalue weighted by molar-refractivity contribution is 9.10. The highest BCUT2D eigenvalue weighted by Gasteiger charge is 2.22. The maximum atomic E-state index is 12.0. The molecule has 0 radical (unpaired) electrons. The summed E-state index contributed by atoms with van der Waals surface area (Å²) in [5, 5.41) is 2.82. The third-order valence-electron chi connectivity index (χ3n) is 3.42. The summed E-state index contributed by atoms with van der Waals surface area (Å²) >= 11 is 4.54. The minimum atomic E-state index is -0.374. The largest absolute Gasteiger partial charge is 0.488 e. The molecule has 0 fully saturated rings. The minimum absolute atomic E-state index is 0.261. The van der Waals surface area contributed by atoms with Crippen molar-refractivity contribution in [2.24, 2.45) is 4.99 Å². The lowest BCUT2D eigenvalue weighted by atomic mass is 10.2. The van der Waals surface area contributed by atoms with Crippen molar-refractivity contribution < 1.29 is 14.3 Å². The van der Waals surface area contributed by atoms with Gasteiger partial charge in [-0.15, -0.1) is 0 Å². The summed E-state index contributed by atoms with van der Waals surface area (Å²) in [4.78, 5) is 27.4. The average Bonchev–Trinajstić information content (AvgIpc) is 2.94. The van der Waals surface area contributed by atoms with E-state index in [9.17, 15) is 9.59 Å². The third kappa shape index (κ3) is 4.83. The van der Waals surface area contributed by atoms with Gasteiger partial charge in [0.05, 0.1) is 4.91 Å². The Kier molecular flexibility index (Phi) is 5.90. The van der Waals surface area contributed by atoms with Crippen LogP contribution in [0.5, 0.6) is 5.75 Å². The van der Waals surface area contributed by atoms with Gasteiger partial charge in [0.2, 0.25) is 5.91 Å². The molecule has 0 saturated carbocycles. The van der Waals surface area contributed by atoms with Crippen molar-refractivity contribution in [1.82, 2.24) is 5.32 Å².